The molecule has 1 aliphatic heterocycles. The lowest BCUT2D eigenvalue weighted by molar-refractivity contribution is -0.360. The zero-order chi connectivity index (χ0) is 29.1. The van der Waals surface area contributed by atoms with Crippen LogP contribution in [0.1, 0.15) is 22.5 Å². The van der Waals surface area contributed by atoms with Crippen LogP contribution < -0.4 is 15.0 Å². The molecule has 1 fully saturated rings. The van der Waals surface area contributed by atoms with Gasteiger partial charge in [0, 0.05) is 44.4 Å². The van der Waals surface area contributed by atoms with E-state index in [2.05, 4.69) is 15.2 Å². The molecular weight excluding hydrogens is 549 g/mol. The van der Waals surface area contributed by atoms with Crippen molar-refractivity contribution < 1.29 is 44.8 Å². The van der Waals surface area contributed by atoms with Crippen LogP contribution in [0.15, 0.2) is 47.0 Å². The van der Waals surface area contributed by atoms with Gasteiger partial charge in [-0.1, -0.05) is 17.3 Å². The number of carbonyl (C=O) groups is 1. The summed E-state index contributed by atoms with van der Waals surface area (Å²) in [7, 11) is 0. The van der Waals surface area contributed by atoms with E-state index in [1.54, 1.807) is 17.9 Å². The van der Waals surface area contributed by atoms with E-state index in [4.69, 9.17) is 4.52 Å². The summed E-state index contributed by atoms with van der Waals surface area (Å²) in [5.74, 6) is -2.54. The van der Waals surface area contributed by atoms with Crippen molar-refractivity contribution in [1.29, 1.82) is 0 Å². The molecule has 0 aliphatic carbocycles. The molecule has 0 unspecified atom stereocenters. The zero-order valence-electron chi connectivity index (χ0n) is 21.2. The first-order valence-corrected chi connectivity index (χ1v) is 12.3. The number of anilines is 1. The molecule has 3 aromatic rings. The topological polar surface area (TPSA) is 70.8 Å². The number of benzene rings is 2. The molecule has 0 saturated carbocycles. The number of rotatable bonds is 9. The van der Waals surface area contributed by atoms with Gasteiger partial charge in [-0.15, -0.1) is 0 Å². The number of halogens is 7. The number of aryl methyl sites for hydroxylation is 1. The van der Waals surface area contributed by atoms with Gasteiger partial charge in [0.2, 0.25) is 0 Å². The summed E-state index contributed by atoms with van der Waals surface area (Å²) in [4.78, 5) is 16.4. The van der Waals surface area contributed by atoms with E-state index in [0.29, 0.717) is 44.2 Å². The maximum Gasteiger partial charge on any atom is 0.499 e. The Morgan fingerprint density at radius 3 is 2.40 bits per heavy atom. The summed E-state index contributed by atoms with van der Waals surface area (Å²) in [5.41, 5.74) is 0.752. The number of piperazine rings is 1. The van der Waals surface area contributed by atoms with Crippen LogP contribution in [0.5, 0.6) is 5.75 Å². The minimum Gasteiger partial charge on any atom is -0.423 e. The van der Waals surface area contributed by atoms with E-state index >= 15 is 0 Å². The number of nitrogens with one attached hydrogen (secondary N) is 1. The van der Waals surface area contributed by atoms with Crippen LogP contribution in [-0.4, -0.2) is 67.5 Å². The highest BCUT2D eigenvalue weighted by Crippen LogP contribution is 2.41. The number of aromatic nitrogens is 1. The average molecular weight is 574 g/mol. The number of ether oxygens (including phenoxy) is 1. The van der Waals surface area contributed by atoms with E-state index < -0.39 is 35.6 Å². The van der Waals surface area contributed by atoms with E-state index in [1.807, 2.05) is 4.90 Å². The van der Waals surface area contributed by atoms with Crippen molar-refractivity contribution in [1.82, 2.24) is 15.4 Å². The van der Waals surface area contributed by atoms with Gasteiger partial charge in [-0.25, -0.2) is 8.78 Å². The van der Waals surface area contributed by atoms with Crippen LogP contribution in [0, 0.1) is 18.6 Å². The lowest BCUT2D eigenvalue weighted by Crippen LogP contribution is -2.47. The summed E-state index contributed by atoms with van der Waals surface area (Å²) < 4.78 is 101. The second kappa shape index (κ2) is 11.7. The van der Waals surface area contributed by atoms with E-state index in [0.717, 1.165) is 12.1 Å². The minimum absolute atomic E-state index is 0.0737. The summed E-state index contributed by atoms with van der Waals surface area (Å²) >= 11 is 0. The van der Waals surface area contributed by atoms with Gasteiger partial charge < -0.3 is 19.5 Å². The van der Waals surface area contributed by atoms with Gasteiger partial charge in [0.25, 0.3) is 5.91 Å². The molecule has 7 nitrogen and oxygen atoms in total. The van der Waals surface area contributed by atoms with Crippen LogP contribution in [-0.2, 0) is 0 Å². The van der Waals surface area contributed by atoms with Crippen molar-refractivity contribution in [3.63, 3.8) is 0 Å². The maximum absolute atomic E-state index is 13.6. The largest absolute Gasteiger partial charge is 0.499 e. The summed E-state index contributed by atoms with van der Waals surface area (Å²) in [6, 6.07) is 8.19. The summed E-state index contributed by atoms with van der Waals surface area (Å²) in [5, 5.41) is 6.67. The number of nitrogens with zero attached hydrogens (tertiary/aromatic N) is 3. The van der Waals surface area contributed by atoms with Gasteiger partial charge >= 0.3 is 12.3 Å². The molecule has 0 bridgehead atoms. The standard InChI is InChI=1S/C26H25F7N4O3/c1-16-22(23(35-40-16)17-4-2-5-18(27)14-17)24(38)34-8-3-9-36-10-12-37(13-11-36)20-7-6-19(28)15-21(20)39-26(32,33)25(29,30)31/h2,4-7,14-15H,3,8-13H2,1H3,(H,34,38). The van der Waals surface area contributed by atoms with Crippen molar-refractivity contribution in [3.05, 3.63) is 65.4 Å². The number of hydrogen-bond acceptors (Lipinski definition) is 6. The maximum atomic E-state index is 13.6. The van der Waals surface area contributed by atoms with Gasteiger partial charge in [0.1, 0.15) is 28.7 Å². The predicted octanol–water partition coefficient (Wildman–Crippen LogP) is 5.40. The molecule has 0 spiro atoms. The van der Waals surface area contributed by atoms with E-state index in [1.165, 1.54) is 18.2 Å². The normalized spacial score (nSPS) is 14.8. The highest BCUT2D eigenvalue weighted by Gasteiger charge is 2.61. The SMILES string of the molecule is Cc1onc(-c2cccc(F)c2)c1C(=O)NCCCN1CCN(c2ccc(F)cc2OC(F)(F)C(F)(F)F)CC1. The number of alkyl halides is 5. The lowest BCUT2D eigenvalue weighted by Gasteiger charge is -2.37. The second-order valence-corrected chi connectivity index (χ2v) is 9.14. The van der Waals surface area contributed by atoms with E-state index in [-0.39, 0.29) is 35.8 Å². The monoisotopic (exact) mass is 574 g/mol. The Kier molecular flexibility index (Phi) is 8.57. The Morgan fingerprint density at radius 2 is 1.73 bits per heavy atom. The van der Waals surface area contributed by atoms with Crippen LogP contribution in [0.25, 0.3) is 11.3 Å². The number of hydrogen-bond donors (Lipinski definition) is 1. The average Bonchev–Trinajstić information content (AvgIpc) is 3.28. The van der Waals surface area contributed by atoms with Gasteiger partial charge in [0.05, 0.1) is 5.69 Å². The van der Waals surface area contributed by atoms with Crippen LogP contribution >= 0.6 is 0 Å². The molecule has 40 heavy (non-hydrogen) atoms. The first kappa shape index (κ1) is 29.2. The Labute approximate surface area is 224 Å². The lowest BCUT2D eigenvalue weighted by atomic mass is 10.1. The van der Waals surface area contributed by atoms with Gasteiger partial charge in [0.15, 0.2) is 5.75 Å². The molecule has 1 aliphatic rings. The quantitative estimate of drug-likeness (QED) is 0.273. The number of carbonyl (C=O) groups excluding carboxylic acids is 1. The van der Waals surface area contributed by atoms with Crippen LogP contribution in [0.2, 0.25) is 0 Å². The predicted molar refractivity (Wildman–Crippen MR) is 130 cm³/mol. The fourth-order valence-electron chi connectivity index (χ4n) is 4.30. The third-order valence-corrected chi connectivity index (χ3v) is 6.33. The van der Waals surface area contributed by atoms with Crippen LogP contribution in [0.3, 0.4) is 0 Å². The first-order valence-electron chi connectivity index (χ1n) is 12.3. The Morgan fingerprint density at radius 1 is 1.02 bits per heavy atom. The summed E-state index contributed by atoms with van der Waals surface area (Å²) in [6.07, 6.45) is -10.9. The molecule has 1 amide bonds. The van der Waals surface area contributed by atoms with Gasteiger partial charge in [-0.2, -0.15) is 22.0 Å². The molecule has 4 rings (SSSR count). The molecular formula is C26H25F7N4O3. The Hall–Kier alpha value is -3.81. The smallest absolute Gasteiger partial charge is 0.423 e. The fourth-order valence-corrected chi connectivity index (χ4v) is 4.30. The van der Waals surface area contributed by atoms with Gasteiger partial charge in [-0.3, -0.25) is 9.69 Å². The van der Waals surface area contributed by atoms with E-state index in [9.17, 15) is 35.5 Å². The third-order valence-electron chi connectivity index (χ3n) is 6.33. The van der Waals surface area contributed by atoms with Crippen molar-refractivity contribution in [3.8, 4) is 17.0 Å². The van der Waals surface area contributed by atoms with Crippen molar-refractivity contribution in [2.75, 3.05) is 44.2 Å². The van der Waals surface area contributed by atoms with Crippen molar-refractivity contribution in [2.45, 2.75) is 25.6 Å². The van der Waals surface area contributed by atoms with Gasteiger partial charge in [-0.05, 0) is 44.2 Å². The second-order valence-electron chi connectivity index (χ2n) is 9.14. The highest BCUT2D eigenvalue weighted by molar-refractivity contribution is 6.00. The van der Waals surface area contributed by atoms with Crippen LogP contribution in [0.4, 0.5) is 36.4 Å². The molecule has 0 atom stereocenters. The molecule has 1 saturated heterocycles. The highest BCUT2D eigenvalue weighted by atomic mass is 19.4. The Bertz CT molecular complexity index is 1340. The fraction of sp³-hybridized carbons (Fsp3) is 0.385. The Balaban J connectivity index is 1.28. The summed E-state index contributed by atoms with van der Waals surface area (Å²) in [6.45, 7) is 3.85. The minimum atomic E-state index is -5.96. The molecule has 14 heteroatoms. The van der Waals surface area contributed by atoms with Crippen molar-refractivity contribution >= 4 is 11.6 Å². The molecule has 0 radical (unpaired) electrons. The first-order chi connectivity index (χ1) is 18.9. The third kappa shape index (κ3) is 6.66. The molecule has 1 aromatic heterocycles. The van der Waals surface area contributed by atoms with Crippen molar-refractivity contribution in [2.24, 2.45) is 0 Å². The molecule has 2 aromatic carbocycles. The molecule has 216 valence electrons. The zero-order valence-corrected chi connectivity index (χ0v) is 21.2. The molecule has 1 N–H and O–H groups in total. The number of amides is 1. The molecule has 2 heterocycles.